The van der Waals surface area contributed by atoms with E-state index < -0.39 is 6.09 Å². The van der Waals surface area contributed by atoms with Crippen LogP contribution < -0.4 is 14.8 Å². The van der Waals surface area contributed by atoms with Crippen LogP contribution in [0.5, 0.6) is 11.5 Å². The van der Waals surface area contributed by atoms with Gasteiger partial charge in [0.25, 0.3) is 0 Å². The zero-order valence-corrected chi connectivity index (χ0v) is 11.9. The maximum atomic E-state index is 10.8. The average Bonchev–Trinajstić information content (AvgIpc) is 2.41. The first-order chi connectivity index (χ1) is 9.08. The summed E-state index contributed by atoms with van der Waals surface area (Å²) in [4.78, 5) is 10.8. The molecule has 1 aromatic rings. The molecular weight excluding hydrogens is 246 g/mol. The predicted molar refractivity (Wildman–Crippen MR) is 73.0 cm³/mol. The lowest BCUT2D eigenvalue weighted by molar-refractivity contribution is 0.170. The molecule has 0 aliphatic rings. The molecule has 0 spiro atoms. The molecule has 1 rings (SSSR count). The van der Waals surface area contributed by atoms with Crippen molar-refractivity contribution in [1.29, 1.82) is 0 Å². The largest absolute Gasteiger partial charge is 0.493 e. The van der Waals surface area contributed by atoms with Gasteiger partial charge in [-0.3, -0.25) is 0 Å². The van der Waals surface area contributed by atoms with E-state index in [1.165, 1.54) is 7.11 Å². The van der Waals surface area contributed by atoms with Crippen molar-refractivity contribution in [3.63, 3.8) is 0 Å². The molecule has 19 heavy (non-hydrogen) atoms. The minimum Gasteiger partial charge on any atom is -0.493 e. The van der Waals surface area contributed by atoms with Gasteiger partial charge in [0.05, 0.1) is 20.8 Å². The average molecular weight is 267 g/mol. The second kappa shape index (κ2) is 7.51. The van der Waals surface area contributed by atoms with E-state index in [0.717, 1.165) is 22.6 Å². The minimum atomic E-state index is -0.427. The maximum Gasteiger partial charge on any atom is 0.406 e. The van der Waals surface area contributed by atoms with Crippen molar-refractivity contribution >= 4 is 6.09 Å². The van der Waals surface area contributed by atoms with E-state index in [0.29, 0.717) is 19.6 Å². The third kappa shape index (κ3) is 4.69. The fourth-order valence-corrected chi connectivity index (χ4v) is 1.55. The summed E-state index contributed by atoms with van der Waals surface area (Å²) in [5.41, 5.74) is 2.32. The number of aryl methyl sites for hydroxylation is 2. The standard InChI is InChI=1S/C14H21NO4/c1-10-8-12(17-3)13(9-11(10)2)19-7-5-6-15-14(16)18-4/h8-9H,5-7H2,1-4H3,(H,15,16). The zero-order chi connectivity index (χ0) is 14.3. The van der Waals surface area contributed by atoms with Crippen LogP contribution in [0.25, 0.3) is 0 Å². The second-order valence-electron chi connectivity index (χ2n) is 4.21. The summed E-state index contributed by atoms with van der Waals surface area (Å²) in [6, 6.07) is 3.92. The quantitative estimate of drug-likeness (QED) is 0.804. The molecule has 0 saturated carbocycles. The van der Waals surface area contributed by atoms with Crippen molar-refractivity contribution in [2.75, 3.05) is 27.4 Å². The summed E-state index contributed by atoms with van der Waals surface area (Å²) in [5, 5.41) is 2.60. The van der Waals surface area contributed by atoms with Crippen molar-refractivity contribution < 1.29 is 19.0 Å². The van der Waals surface area contributed by atoms with Crippen molar-refractivity contribution in [3.8, 4) is 11.5 Å². The first kappa shape index (κ1) is 15.1. The summed E-state index contributed by atoms with van der Waals surface area (Å²) < 4.78 is 15.4. The van der Waals surface area contributed by atoms with Crippen molar-refractivity contribution in [2.24, 2.45) is 0 Å². The molecule has 0 radical (unpaired) electrons. The maximum absolute atomic E-state index is 10.8. The Labute approximate surface area is 113 Å². The van der Waals surface area contributed by atoms with Gasteiger partial charge in [0.15, 0.2) is 11.5 Å². The highest BCUT2D eigenvalue weighted by atomic mass is 16.5. The molecule has 0 fully saturated rings. The van der Waals surface area contributed by atoms with Crippen LogP contribution in [0.1, 0.15) is 17.5 Å². The highest BCUT2D eigenvalue weighted by molar-refractivity contribution is 5.66. The number of carbonyl (C=O) groups excluding carboxylic acids is 1. The lowest BCUT2D eigenvalue weighted by atomic mass is 10.1. The van der Waals surface area contributed by atoms with Crippen LogP contribution in [0.2, 0.25) is 0 Å². The van der Waals surface area contributed by atoms with E-state index in [4.69, 9.17) is 9.47 Å². The lowest BCUT2D eigenvalue weighted by Crippen LogP contribution is -2.25. The van der Waals surface area contributed by atoms with Gasteiger partial charge in [-0.1, -0.05) is 0 Å². The van der Waals surface area contributed by atoms with E-state index >= 15 is 0 Å². The summed E-state index contributed by atoms with van der Waals surface area (Å²) in [7, 11) is 2.96. The predicted octanol–water partition coefficient (Wildman–Crippen LogP) is 2.44. The number of ether oxygens (including phenoxy) is 3. The number of hydrogen-bond donors (Lipinski definition) is 1. The number of methoxy groups -OCH3 is 2. The molecule has 1 N–H and O–H groups in total. The molecule has 106 valence electrons. The number of hydrogen-bond acceptors (Lipinski definition) is 4. The summed E-state index contributed by atoms with van der Waals surface area (Å²) in [6.07, 6.45) is 0.273. The highest BCUT2D eigenvalue weighted by Crippen LogP contribution is 2.30. The van der Waals surface area contributed by atoms with Crippen LogP contribution in [0.15, 0.2) is 12.1 Å². The number of amides is 1. The number of carbonyl (C=O) groups is 1. The zero-order valence-electron chi connectivity index (χ0n) is 11.9. The van der Waals surface area contributed by atoms with Crippen LogP contribution in [-0.4, -0.2) is 33.5 Å². The summed E-state index contributed by atoms with van der Waals surface area (Å²) in [5.74, 6) is 1.45. The van der Waals surface area contributed by atoms with Gasteiger partial charge in [-0.25, -0.2) is 4.79 Å². The Hall–Kier alpha value is -1.91. The Kier molecular flexibility index (Phi) is 5.99. The fraction of sp³-hybridized carbons (Fsp3) is 0.500. The molecule has 5 nitrogen and oxygen atoms in total. The van der Waals surface area contributed by atoms with Crippen LogP contribution >= 0.6 is 0 Å². The third-order valence-electron chi connectivity index (χ3n) is 2.81. The van der Waals surface area contributed by atoms with Crippen LogP contribution in [-0.2, 0) is 4.74 Å². The van der Waals surface area contributed by atoms with E-state index in [1.54, 1.807) is 7.11 Å². The Morgan fingerprint density at radius 2 is 1.79 bits per heavy atom. The van der Waals surface area contributed by atoms with Gasteiger partial charge in [0.2, 0.25) is 0 Å². The van der Waals surface area contributed by atoms with E-state index in [-0.39, 0.29) is 0 Å². The number of benzene rings is 1. The number of rotatable bonds is 6. The fourth-order valence-electron chi connectivity index (χ4n) is 1.55. The van der Waals surface area contributed by atoms with Gasteiger partial charge in [0.1, 0.15) is 0 Å². The van der Waals surface area contributed by atoms with Gasteiger partial charge in [0, 0.05) is 6.54 Å². The normalized spacial score (nSPS) is 9.89. The molecule has 0 aliphatic carbocycles. The van der Waals surface area contributed by atoms with Crippen molar-refractivity contribution in [3.05, 3.63) is 23.3 Å². The Morgan fingerprint density at radius 1 is 1.16 bits per heavy atom. The number of alkyl carbamates (subject to hydrolysis) is 1. The van der Waals surface area contributed by atoms with Gasteiger partial charge in [-0.2, -0.15) is 0 Å². The van der Waals surface area contributed by atoms with E-state index in [9.17, 15) is 4.79 Å². The van der Waals surface area contributed by atoms with Crippen LogP contribution in [0, 0.1) is 13.8 Å². The molecule has 0 aliphatic heterocycles. The van der Waals surface area contributed by atoms with Gasteiger partial charge >= 0.3 is 6.09 Å². The Balaban J connectivity index is 2.44. The minimum absolute atomic E-state index is 0.427. The van der Waals surface area contributed by atoms with Crippen molar-refractivity contribution in [1.82, 2.24) is 5.32 Å². The van der Waals surface area contributed by atoms with E-state index in [2.05, 4.69) is 10.1 Å². The first-order valence-electron chi connectivity index (χ1n) is 6.18. The highest BCUT2D eigenvalue weighted by Gasteiger charge is 2.07. The van der Waals surface area contributed by atoms with Crippen LogP contribution in [0.4, 0.5) is 4.79 Å². The SMILES string of the molecule is COC(=O)NCCCOc1cc(C)c(C)cc1OC. The number of nitrogens with one attached hydrogen (secondary N) is 1. The van der Waals surface area contributed by atoms with E-state index in [1.807, 2.05) is 26.0 Å². The summed E-state index contributed by atoms with van der Waals surface area (Å²) >= 11 is 0. The second-order valence-corrected chi connectivity index (χ2v) is 4.21. The Morgan fingerprint density at radius 3 is 2.37 bits per heavy atom. The lowest BCUT2D eigenvalue weighted by Gasteiger charge is -2.13. The molecule has 0 aromatic heterocycles. The molecule has 0 heterocycles. The third-order valence-corrected chi connectivity index (χ3v) is 2.81. The molecule has 0 bridgehead atoms. The first-order valence-corrected chi connectivity index (χ1v) is 6.18. The van der Waals surface area contributed by atoms with Gasteiger partial charge < -0.3 is 19.5 Å². The molecule has 1 aromatic carbocycles. The molecule has 1 amide bonds. The molecule has 5 heteroatoms. The summed E-state index contributed by atoms with van der Waals surface area (Å²) in [6.45, 7) is 5.07. The molecule has 0 atom stereocenters. The molecule has 0 saturated heterocycles. The van der Waals surface area contributed by atoms with Crippen LogP contribution in [0.3, 0.4) is 0 Å². The topological polar surface area (TPSA) is 56.8 Å². The Bertz CT molecular complexity index is 432. The molecule has 0 unspecified atom stereocenters. The smallest absolute Gasteiger partial charge is 0.406 e. The van der Waals surface area contributed by atoms with Gasteiger partial charge in [-0.05, 0) is 43.5 Å². The van der Waals surface area contributed by atoms with Gasteiger partial charge in [-0.15, -0.1) is 0 Å². The monoisotopic (exact) mass is 267 g/mol. The molecular formula is C14H21NO4. The van der Waals surface area contributed by atoms with Crippen molar-refractivity contribution in [2.45, 2.75) is 20.3 Å².